The minimum atomic E-state index is -3.28. The smallest absolute Gasteiger partial charge is 0.412 e. The van der Waals surface area contributed by atoms with Crippen molar-refractivity contribution in [3.63, 3.8) is 0 Å². The van der Waals surface area contributed by atoms with Crippen LogP contribution in [-0.2, 0) is 18.6 Å². The van der Waals surface area contributed by atoms with Crippen molar-refractivity contribution in [1.82, 2.24) is 9.99 Å². The topological polar surface area (TPSA) is 77.1 Å². The second-order valence-corrected chi connectivity index (χ2v) is 11.6. The van der Waals surface area contributed by atoms with Crippen LogP contribution in [-0.4, -0.2) is 48.4 Å². The molecule has 0 spiro atoms. The van der Waals surface area contributed by atoms with E-state index >= 15 is 0 Å². The highest BCUT2D eigenvalue weighted by atomic mass is 31.2. The molecule has 8 heteroatoms. The SMILES string of the molecule is CNP(=O)(OC)C1OC(C)(C)N(C(=O)OC(C)(C)C)C1CC1CCCCC1. The fraction of sp³-hybridized carbons (Fsp3) is 0.947. The molecule has 27 heavy (non-hydrogen) atoms. The molecule has 0 aromatic heterocycles. The van der Waals surface area contributed by atoms with E-state index in [4.69, 9.17) is 14.0 Å². The first kappa shape index (κ1) is 22.7. The number of nitrogens with one attached hydrogen (secondary N) is 1. The lowest BCUT2D eigenvalue weighted by Gasteiger charge is -2.37. The zero-order valence-corrected chi connectivity index (χ0v) is 18.8. The summed E-state index contributed by atoms with van der Waals surface area (Å²) in [5.41, 5.74) is -1.55. The zero-order chi connectivity index (χ0) is 20.5. The van der Waals surface area contributed by atoms with Crippen LogP contribution < -0.4 is 5.09 Å². The van der Waals surface area contributed by atoms with Gasteiger partial charge in [0.1, 0.15) is 11.3 Å². The van der Waals surface area contributed by atoms with Gasteiger partial charge in [0.15, 0.2) is 5.85 Å². The van der Waals surface area contributed by atoms with Crippen LogP contribution in [0.4, 0.5) is 4.79 Å². The number of carbonyl (C=O) groups is 1. The summed E-state index contributed by atoms with van der Waals surface area (Å²) in [4.78, 5) is 14.7. The van der Waals surface area contributed by atoms with Crippen molar-refractivity contribution in [2.45, 2.75) is 96.4 Å². The first-order chi connectivity index (χ1) is 12.4. The first-order valence-corrected chi connectivity index (χ1v) is 11.7. The second-order valence-electron chi connectivity index (χ2n) is 9.12. The molecule has 3 atom stereocenters. The van der Waals surface area contributed by atoms with E-state index in [-0.39, 0.29) is 6.04 Å². The van der Waals surface area contributed by atoms with Crippen LogP contribution >= 0.6 is 7.52 Å². The van der Waals surface area contributed by atoms with Crippen molar-refractivity contribution in [1.29, 1.82) is 0 Å². The summed E-state index contributed by atoms with van der Waals surface area (Å²) in [6, 6.07) is -0.365. The third-order valence-corrected chi connectivity index (χ3v) is 7.74. The third kappa shape index (κ3) is 5.26. The van der Waals surface area contributed by atoms with Crippen LogP contribution in [0.1, 0.15) is 73.1 Å². The molecule has 1 aliphatic carbocycles. The zero-order valence-electron chi connectivity index (χ0n) is 17.9. The Bertz CT molecular complexity index is 561. The first-order valence-electron chi connectivity index (χ1n) is 9.98. The minimum absolute atomic E-state index is 0.365. The van der Waals surface area contributed by atoms with E-state index in [9.17, 15) is 9.36 Å². The lowest BCUT2D eigenvalue weighted by atomic mass is 9.84. The normalized spacial score (nSPS) is 28.8. The molecule has 2 rings (SSSR count). The molecule has 1 saturated heterocycles. The summed E-state index contributed by atoms with van der Waals surface area (Å²) in [6.45, 7) is 9.17. The summed E-state index contributed by atoms with van der Waals surface area (Å²) in [5, 5.41) is 2.81. The van der Waals surface area contributed by atoms with E-state index in [1.54, 1.807) is 11.9 Å². The van der Waals surface area contributed by atoms with Crippen LogP contribution in [0.15, 0.2) is 0 Å². The van der Waals surface area contributed by atoms with Crippen LogP contribution in [0.2, 0.25) is 0 Å². The molecule has 1 heterocycles. The van der Waals surface area contributed by atoms with Crippen molar-refractivity contribution in [2.75, 3.05) is 14.2 Å². The summed E-state index contributed by atoms with van der Waals surface area (Å²) in [5.74, 6) is -0.243. The number of hydrogen-bond acceptors (Lipinski definition) is 5. The summed E-state index contributed by atoms with van der Waals surface area (Å²) in [6.07, 6.45) is 6.22. The van der Waals surface area contributed by atoms with Gasteiger partial charge in [-0.2, -0.15) is 0 Å². The van der Waals surface area contributed by atoms with Gasteiger partial charge in [0, 0.05) is 7.11 Å². The molecular formula is C19H37N2O5P. The van der Waals surface area contributed by atoms with Gasteiger partial charge < -0.3 is 14.0 Å². The number of hydrogen-bond donors (Lipinski definition) is 1. The van der Waals surface area contributed by atoms with Gasteiger partial charge in [0.25, 0.3) is 7.52 Å². The van der Waals surface area contributed by atoms with E-state index in [0.717, 1.165) is 19.3 Å². The van der Waals surface area contributed by atoms with Crippen LogP contribution in [0.3, 0.4) is 0 Å². The highest BCUT2D eigenvalue weighted by Crippen LogP contribution is 2.56. The fourth-order valence-corrected chi connectivity index (χ4v) is 5.98. The van der Waals surface area contributed by atoms with Crippen LogP contribution in [0, 0.1) is 5.92 Å². The Morgan fingerprint density at radius 3 is 2.33 bits per heavy atom. The molecule has 0 radical (unpaired) electrons. The van der Waals surface area contributed by atoms with E-state index in [1.165, 1.54) is 26.4 Å². The molecular weight excluding hydrogens is 367 g/mol. The van der Waals surface area contributed by atoms with Gasteiger partial charge in [-0.15, -0.1) is 0 Å². The van der Waals surface area contributed by atoms with Crippen molar-refractivity contribution in [3.8, 4) is 0 Å². The average molecular weight is 404 g/mol. The Balaban J connectivity index is 2.36. The predicted molar refractivity (Wildman–Crippen MR) is 106 cm³/mol. The average Bonchev–Trinajstić information content (AvgIpc) is 2.84. The number of nitrogens with zero attached hydrogens (tertiary/aromatic N) is 1. The van der Waals surface area contributed by atoms with Crippen molar-refractivity contribution in [2.24, 2.45) is 5.92 Å². The summed E-state index contributed by atoms with van der Waals surface area (Å²) >= 11 is 0. The maximum Gasteiger partial charge on any atom is 0.412 e. The van der Waals surface area contributed by atoms with Gasteiger partial charge in [-0.05, 0) is 54.0 Å². The maximum atomic E-state index is 13.3. The Morgan fingerprint density at radius 2 is 1.85 bits per heavy atom. The molecule has 0 bridgehead atoms. The number of amides is 1. The molecule has 7 nitrogen and oxygen atoms in total. The van der Waals surface area contributed by atoms with Crippen molar-refractivity contribution >= 4 is 13.6 Å². The summed E-state index contributed by atoms with van der Waals surface area (Å²) in [7, 11) is -0.259. The Morgan fingerprint density at radius 1 is 1.26 bits per heavy atom. The number of ether oxygens (including phenoxy) is 2. The molecule has 1 amide bonds. The monoisotopic (exact) mass is 404 g/mol. The van der Waals surface area contributed by atoms with Crippen molar-refractivity contribution in [3.05, 3.63) is 0 Å². The largest absolute Gasteiger partial charge is 0.444 e. The maximum absolute atomic E-state index is 13.3. The molecule has 0 aromatic rings. The Labute approximate surface area is 164 Å². The van der Waals surface area contributed by atoms with Gasteiger partial charge in [-0.3, -0.25) is 9.46 Å². The van der Waals surface area contributed by atoms with E-state index < -0.39 is 30.8 Å². The van der Waals surface area contributed by atoms with E-state index in [0.29, 0.717) is 5.92 Å². The molecule has 1 N–H and O–H groups in total. The molecule has 2 aliphatic rings. The van der Waals surface area contributed by atoms with Crippen LogP contribution in [0.25, 0.3) is 0 Å². The van der Waals surface area contributed by atoms with Gasteiger partial charge >= 0.3 is 6.09 Å². The Kier molecular flexibility index (Phi) is 7.05. The lowest BCUT2D eigenvalue weighted by Crippen LogP contribution is -2.51. The number of carbonyl (C=O) groups excluding carboxylic acids is 1. The fourth-order valence-electron chi connectivity index (χ4n) is 4.23. The third-order valence-electron chi connectivity index (χ3n) is 5.46. The lowest BCUT2D eigenvalue weighted by molar-refractivity contribution is -0.0696. The molecule has 2 fully saturated rings. The van der Waals surface area contributed by atoms with Gasteiger partial charge in [-0.25, -0.2) is 9.88 Å². The van der Waals surface area contributed by atoms with E-state index in [1.807, 2.05) is 34.6 Å². The molecule has 1 saturated carbocycles. The molecule has 1 aliphatic heterocycles. The highest BCUT2D eigenvalue weighted by molar-refractivity contribution is 7.57. The van der Waals surface area contributed by atoms with Gasteiger partial charge in [0.2, 0.25) is 0 Å². The van der Waals surface area contributed by atoms with E-state index in [2.05, 4.69) is 5.09 Å². The predicted octanol–water partition coefficient (Wildman–Crippen LogP) is 4.71. The summed E-state index contributed by atoms with van der Waals surface area (Å²) < 4.78 is 30.5. The quantitative estimate of drug-likeness (QED) is 0.669. The minimum Gasteiger partial charge on any atom is -0.444 e. The molecule has 0 aromatic carbocycles. The van der Waals surface area contributed by atoms with Crippen LogP contribution in [0.5, 0.6) is 0 Å². The van der Waals surface area contributed by atoms with Gasteiger partial charge in [-0.1, -0.05) is 32.1 Å². The second kappa shape index (κ2) is 8.40. The molecule has 158 valence electrons. The van der Waals surface area contributed by atoms with Gasteiger partial charge in [0.05, 0.1) is 6.04 Å². The number of rotatable bonds is 5. The Hall–Kier alpha value is -0.620. The standard InChI is InChI=1S/C19H37N2O5P/c1-18(2,3)26-17(22)21-15(13-14-11-9-8-10-12-14)16(25-19(21,4)5)27(23,20-6)24-7/h14-16H,8-13H2,1-7H3,(H,20,23). The van der Waals surface area contributed by atoms with Crippen molar-refractivity contribution < 1.29 is 23.4 Å². The molecule has 3 unspecified atom stereocenters. The highest BCUT2D eigenvalue weighted by Gasteiger charge is 2.57.